The zero-order valence-corrected chi connectivity index (χ0v) is 9.81. The lowest BCUT2D eigenvalue weighted by Crippen LogP contribution is -2.59. The van der Waals surface area contributed by atoms with Crippen LogP contribution in [0.5, 0.6) is 0 Å². The largest absolute Gasteiger partial charge is 0.394 e. The number of rotatable bonds is 3. The molecule has 0 bridgehead atoms. The van der Waals surface area contributed by atoms with Crippen molar-refractivity contribution in [1.82, 2.24) is 5.32 Å². The Morgan fingerprint density at radius 3 is 2.82 bits per heavy atom. The van der Waals surface area contributed by atoms with E-state index in [1.54, 1.807) is 0 Å². The standard InChI is InChI=1S/C9H15FN2O4S/c10-1-2-11-9-12-5-7(15)6(14)4(3-13)16-8(5)17-9/h4-8,13-15H,1-3H2,(H,11,12)/t4-,5?,6-,7-,8?/m1/s1. The maximum atomic E-state index is 12.0. The molecule has 2 fully saturated rings. The van der Waals surface area contributed by atoms with E-state index in [0.717, 1.165) is 0 Å². The van der Waals surface area contributed by atoms with Crippen molar-refractivity contribution in [2.75, 3.05) is 19.8 Å². The van der Waals surface area contributed by atoms with Gasteiger partial charge < -0.3 is 25.4 Å². The zero-order valence-electron chi connectivity index (χ0n) is 8.99. The Hall–Kier alpha value is -0.410. The van der Waals surface area contributed by atoms with Crippen molar-refractivity contribution < 1.29 is 24.4 Å². The molecular weight excluding hydrogens is 251 g/mol. The van der Waals surface area contributed by atoms with Crippen molar-refractivity contribution >= 4 is 16.9 Å². The minimum Gasteiger partial charge on any atom is -0.394 e. The summed E-state index contributed by atoms with van der Waals surface area (Å²) >= 11 is 1.23. The summed E-state index contributed by atoms with van der Waals surface area (Å²) in [6, 6.07) is -0.490. The van der Waals surface area contributed by atoms with Gasteiger partial charge in [0.25, 0.3) is 0 Å². The van der Waals surface area contributed by atoms with Crippen LogP contribution >= 0.6 is 11.8 Å². The molecule has 98 valence electrons. The summed E-state index contributed by atoms with van der Waals surface area (Å²) in [5, 5.41) is 31.9. The fraction of sp³-hybridized carbons (Fsp3) is 0.889. The van der Waals surface area contributed by atoms with Crippen LogP contribution < -0.4 is 5.32 Å². The van der Waals surface area contributed by atoms with E-state index in [1.807, 2.05) is 0 Å². The number of aliphatic imine (C=N–C) groups is 1. The molecule has 0 aliphatic carbocycles. The monoisotopic (exact) mass is 266 g/mol. The van der Waals surface area contributed by atoms with E-state index in [2.05, 4.69) is 10.3 Å². The average molecular weight is 266 g/mol. The summed E-state index contributed by atoms with van der Waals surface area (Å²) in [6.45, 7) is -0.859. The lowest BCUT2D eigenvalue weighted by atomic mass is 9.98. The Kier molecular flexibility index (Phi) is 4.21. The molecule has 0 aromatic rings. The molecule has 0 amide bonds. The summed E-state index contributed by atoms with van der Waals surface area (Å²) in [7, 11) is 0. The number of fused-ring (bicyclic) bond motifs is 1. The molecule has 6 nitrogen and oxygen atoms in total. The molecule has 8 heteroatoms. The number of hydrogen-bond donors (Lipinski definition) is 4. The van der Waals surface area contributed by atoms with Gasteiger partial charge in [-0.1, -0.05) is 11.8 Å². The molecule has 5 atom stereocenters. The van der Waals surface area contributed by atoms with E-state index in [-0.39, 0.29) is 13.2 Å². The van der Waals surface area contributed by atoms with Crippen LogP contribution in [0.1, 0.15) is 0 Å². The Morgan fingerprint density at radius 1 is 1.41 bits per heavy atom. The van der Waals surface area contributed by atoms with Crippen LogP contribution in [-0.2, 0) is 4.74 Å². The summed E-state index contributed by atoms with van der Waals surface area (Å²) in [6.07, 6.45) is -2.99. The first kappa shape index (κ1) is 13.0. The molecule has 0 aromatic heterocycles. The fourth-order valence-corrected chi connectivity index (χ4v) is 3.01. The lowest BCUT2D eigenvalue weighted by molar-refractivity contribution is -0.167. The molecule has 2 heterocycles. The quantitative estimate of drug-likeness (QED) is 0.494. The molecule has 0 saturated carbocycles. The van der Waals surface area contributed by atoms with Gasteiger partial charge in [-0.15, -0.1) is 0 Å². The van der Waals surface area contributed by atoms with Gasteiger partial charge >= 0.3 is 0 Å². The Labute approximate surface area is 102 Å². The van der Waals surface area contributed by atoms with Crippen molar-refractivity contribution in [3.8, 4) is 0 Å². The van der Waals surface area contributed by atoms with Crippen molar-refractivity contribution in [3.63, 3.8) is 0 Å². The van der Waals surface area contributed by atoms with Gasteiger partial charge in [-0.3, -0.25) is 4.99 Å². The molecule has 2 aliphatic heterocycles. The molecule has 2 saturated heterocycles. The molecule has 17 heavy (non-hydrogen) atoms. The molecule has 2 rings (SSSR count). The Morgan fingerprint density at radius 2 is 2.18 bits per heavy atom. The third-order valence-corrected chi connectivity index (χ3v) is 3.85. The van der Waals surface area contributed by atoms with E-state index in [9.17, 15) is 14.6 Å². The van der Waals surface area contributed by atoms with E-state index in [4.69, 9.17) is 9.84 Å². The highest BCUT2D eigenvalue weighted by Gasteiger charge is 2.48. The molecule has 4 N–H and O–H groups in total. The Balaban J connectivity index is 2.04. The molecule has 0 spiro atoms. The number of halogens is 1. The van der Waals surface area contributed by atoms with Gasteiger partial charge in [0.05, 0.1) is 19.2 Å². The van der Waals surface area contributed by atoms with Crippen molar-refractivity contribution in [1.29, 1.82) is 0 Å². The first-order valence-electron chi connectivity index (χ1n) is 5.33. The second kappa shape index (κ2) is 5.49. The highest BCUT2D eigenvalue weighted by molar-refractivity contribution is 8.14. The van der Waals surface area contributed by atoms with Crippen LogP contribution in [0.25, 0.3) is 0 Å². The number of alkyl halides is 1. The number of ether oxygens (including phenoxy) is 1. The second-order valence-corrected chi connectivity index (χ2v) is 4.96. The molecular formula is C9H15FN2O4S. The maximum Gasteiger partial charge on any atom is 0.159 e. The highest BCUT2D eigenvalue weighted by Crippen LogP contribution is 2.33. The van der Waals surface area contributed by atoms with Gasteiger partial charge in [-0.25, -0.2) is 4.39 Å². The summed E-state index contributed by atoms with van der Waals surface area (Å²) in [5.74, 6) is 0. The minimum atomic E-state index is -1.14. The summed E-state index contributed by atoms with van der Waals surface area (Å²) < 4.78 is 17.4. The van der Waals surface area contributed by atoms with Crippen LogP contribution in [-0.4, -0.2) is 70.1 Å². The number of hydrogen-bond acceptors (Lipinski definition) is 6. The number of thioether (sulfide) groups is 1. The van der Waals surface area contributed by atoms with Gasteiger partial charge in [0.2, 0.25) is 0 Å². The molecule has 2 unspecified atom stereocenters. The first-order valence-corrected chi connectivity index (χ1v) is 6.21. The third-order valence-electron chi connectivity index (χ3n) is 2.74. The smallest absolute Gasteiger partial charge is 0.159 e. The van der Waals surface area contributed by atoms with Gasteiger partial charge in [0, 0.05) is 0 Å². The Bertz CT molecular complexity index is 307. The molecule has 2 aliphatic rings. The SMILES string of the molecule is OC[C@H]1OC2SC(=NCCF)NC2[C@@H](O)[C@@H]1O. The topological polar surface area (TPSA) is 94.3 Å². The van der Waals surface area contributed by atoms with E-state index in [1.165, 1.54) is 11.8 Å². The number of aliphatic hydroxyl groups excluding tert-OH is 3. The predicted molar refractivity (Wildman–Crippen MR) is 60.6 cm³/mol. The maximum absolute atomic E-state index is 12.0. The van der Waals surface area contributed by atoms with Crippen molar-refractivity contribution in [2.24, 2.45) is 4.99 Å². The third kappa shape index (κ3) is 2.55. The molecule has 0 aromatic carbocycles. The van der Waals surface area contributed by atoms with Crippen molar-refractivity contribution in [3.05, 3.63) is 0 Å². The fourth-order valence-electron chi connectivity index (χ4n) is 1.85. The number of aliphatic hydroxyl groups is 3. The van der Waals surface area contributed by atoms with Gasteiger partial charge in [0.1, 0.15) is 30.4 Å². The zero-order chi connectivity index (χ0) is 12.4. The lowest BCUT2D eigenvalue weighted by Gasteiger charge is -2.38. The summed E-state index contributed by atoms with van der Waals surface area (Å²) in [5.41, 5.74) is -0.427. The minimum absolute atomic E-state index is 0.0524. The number of amidine groups is 1. The van der Waals surface area contributed by atoms with Crippen LogP contribution in [0.3, 0.4) is 0 Å². The van der Waals surface area contributed by atoms with Crippen LogP contribution in [0, 0.1) is 0 Å². The van der Waals surface area contributed by atoms with E-state index < -0.39 is 36.5 Å². The summed E-state index contributed by atoms with van der Waals surface area (Å²) in [4.78, 5) is 3.93. The van der Waals surface area contributed by atoms with Gasteiger partial charge in [-0.05, 0) is 0 Å². The second-order valence-electron chi connectivity index (χ2n) is 3.87. The van der Waals surface area contributed by atoms with E-state index in [0.29, 0.717) is 5.17 Å². The average Bonchev–Trinajstić information content (AvgIpc) is 2.74. The predicted octanol–water partition coefficient (Wildman–Crippen LogP) is -1.54. The van der Waals surface area contributed by atoms with Crippen LogP contribution in [0.15, 0.2) is 4.99 Å². The normalized spacial score (nSPS) is 43.5. The number of nitrogens with one attached hydrogen (secondary N) is 1. The van der Waals surface area contributed by atoms with E-state index >= 15 is 0 Å². The number of nitrogens with zero attached hydrogens (tertiary/aromatic N) is 1. The van der Waals surface area contributed by atoms with Crippen LogP contribution in [0.2, 0.25) is 0 Å². The first-order chi connectivity index (χ1) is 8.17. The van der Waals surface area contributed by atoms with Crippen molar-refractivity contribution in [2.45, 2.75) is 29.8 Å². The van der Waals surface area contributed by atoms with Gasteiger partial charge in [-0.2, -0.15) is 0 Å². The highest BCUT2D eigenvalue weighted by atomic mass is 32.2. The molecule has 0 radical (unpaired) electrons. The van der Waals surface area contributed by atoms with Crippen LogP contribution in [0.4, 0.5) is 4.39 Å². The van der Waals surface area contributed by atoms with Gasteiger partial charge in [0.15, 0.2) is 5.17 Å².